The number of carbonyl (C=O) groups excluding carboxylic acids is 1. The third-order valence-electron chi connectivity index (χ3n) is 4.34. The third-order valence-corrected chi connectivity index (χ3v) is 4.34. The summed E-state index contributed by atoms with van der Waals surface area (Å²) >= 11 is 0. The van der Waals surface area contributed by atoms with E-state index in [0.29, 0.717) is 26.2 Å². The molecule has 2 atom stereocenters. The lowest BCUT2D eigenvalue weighted by atomic mass is 10.1. The molecule has 24 heavy (non-hydrogen) atoms. The van der Waals surface area contributed by atoms with Crippen LogP contribution in [0.2, 0.25) is 0 Å². The maximum Gasteiger partial charge on any atom is 0.260 e. The maximum atomic E-state index is 14.1. The van der Waals surface area contributed by atoms with E-state index in [9.17, 15) is 18.7 Å². The van der Waals surface area contributed by atoms with Crippen molar-refractivity contribution in [3.63, 3.8) is 0 Å². The number of methoxy groups -OCH3 is 1. The summed E-state index contributed by atoms with van der Waals surface area (Å²) in [7, 11) is 1.21. The Balaban J connectivity index is 2.22. The molecule has 1 aromatic rings. The fraction of sp³-hybridized carbons (Fsp3) is 0.588. The minimum atomic E-state index is -0.794. The van der Waals surface area contributed by atoms with Crippen molar-refractivity contribution in [1.29, 1.82) is 0 Å². The molecule has 1 amide bonds. The van der Waals surface area contributed by atoms with Crippen LogP contribution in [0.4, 0.5) is 8.78 Å². The van der Waals surface area contributed by atoms with E-state index in [4.69, 9.17) is 4.74 Å². The molecule has 134 valence electrons. The number of aliphatic hydroxyl groups excluding tert-OH is 1. The standard InChI is InChI=1S/C17H24F2N2O3/c1-4-12-10-21(8-7-20(12)9-11(2)22)17(23)15-13(18)5-6-14(19)16(15)24-3/h5-6,11-12,22H,4,7-10H2,1-3H3. The first kappa shape index (κ1) is 18.6. The Labute approximate surface area is 140 Å². The van der Waals surface area contributed by atoms with Gasteiger partial charge in [-0.25, -0.2) is 8.78 Å². The lowest BCUT2D eigenvalue weighted by molar-refractivity contribution is 0.0305. The van der Waals surface area contributed by atoms with E-state index in [1.165, 1.54) is 12.0 Å². The van der Waals surface area contributed by atoms with Crippen molar-refractivity contribution in [1.82, 2.24) is 9.80 Å². The Hall–Kier alpha value is -1.73. The van der Waals surface area contributed by atoms with Crippen LogP contribution in [-0.4, -0.2) is 66.2 Å². The first-order valence-electron chi connectivity index (χ1n) is 8.12. The minimum absolute atomic E-state index is 0.0694. The second kappa shape index (κ2) is 7.90. The predicted molar refractivity (Wildman–Crippen MR) is 86.1 cm³/mol. The van der Waals surface area contributed by atoms with Crippen LogP contribution < -0.4 is 4.74 Å². The molecule has 0 bridgehead atoms. The smallest absolute Gasteiger partial charge is 0.260 e. The summed E-state index contributed by atoms with van der Waals surface area (Å²) < 4.78 is 32.8. The molecule has 0 aliphatic carbocycles. The quantitative estimate of drug-likeness (QED) is 0.888. The summed E-state index contributed by atoms with van der Waals surface area (Å²) in [6, 6.07) is 1.95. The van der Waals surface area contributed by atoms with Gasteiger partial charge in [-0.2, -0.15) is 0 Å². The van der Waals surface area contributed by atoms with Crippen LogP contribution in [0.3, 0.4) is 0 Å². The molecule has 0 spiro atoms. The van der Waals surface area contributed by atoms with Crippen LogP contribution in [-0.2, 0) is 0 Å². The number of halogens is 2. The average Bonchev–Trinajstić information content (AvgIpc) is 2.55. The van der Waals surface area contributed by atoms with E-state index in [2.05, 4.69) is 4.90 Å². The van der Waals surface area contributed by atoms with E-state index < -0.39 is 23.6 Å². The second-order valence-electron chi connectivity index (χ2n) is 6.09. The fourth-order valence-electron chi connectivity index (χ4n) is 3.13. The maximum absolute atomic E-state index is 14.1. The Morgan fingerprint density at radius 1 is 1.38 bits per heavy atom. The first-order chi connectivity index (χ1) is 11.4. The van der Waals surface area contributed by atoms with Crippen molar-refractivity contribution in [3.05, 3.63) is 29.3 Å². The van der Waals surface area contributed by atoms with Gasteiger partial charge in [0, 0.05) is 32.2 Å². The van der Waals surface area contributed by atoms with Gasteiger partial charge in [-0.3, -0.25) is 9.69 Å². The highest BCUT2D eigenvalue weighted by Crippen LogP contribution is 2.27. The Bertz CT molecular complexity index is 595. The van der Waals surface area contributed by atoms with Gasteiger partial charge in [0.25, 0.3) is 5.91 Å². The van der Waals surface area contributed by atoms with E-state index in [0.717, 1.165) is 18.6 Å². The summed E-state index contributed by atoms with van der Waals surface area (Å²) in [5.41, 5.74) is -0.365. The van der Waals surface area contributed by atoms with E-state index in [-0.39, 0.29) is 17.4 Å². The fourth-order valence-corrected chi connectivity index (χ4v) is 3.13. The van der Waals surface area contributed by atoms with Crippen molar-refractivity contribution in [2.45, 2.75) is 32.4 Å². The van der Waals surface area contributed by atoms with Gasteiger partial charge in [0.2, 0.25) is 0 Å². The van der Waals surface area contributed by atoms with Crippen LogP contribution in [0.25, 0.3) is 0 Å². The van der Waals surface area contributed by atoms with Gasteiger partial charge in [-0.05, 0) is 25.5 Å². The summed E-state index contributed by atoms with van der Waals surface area (Å²) in [6.45, 7) is 5.61. The number of aliphatic hydroxyl groups is 1. The predicted octanol–water partition coefficient (Wildman–Crippen LogP) is 1.89. The molecule has 1 aliphatic heterocycles. The molecule has 1 saturated heterocycles. The Kier molecular flexibility index (Phi) is 6.12. The molecule has 2 unspecified atom stereocenters. The number of hydrogen-bond donors (Lipinski definition) is 1. The van der Waals surface area contributed by atoms with Gasteiger partial charge in [0.1, 0.15) is 11.4 Å². The van der Waals surface area contributed by atoms with Gasteiger partial charge in [-0.1, -0.05) is 6.92 Å². The monoisotopic (exact) mass is 342 g/mol. The molecule has 0 saturated carbocycles. The van der Waals surface area contributed by atoms with E-state index in [1.807, 2.05) is 6.92 Å². The Morgan fingerprint density at radius 2 is 2.04 bits per heavy atom. The highest BCUT2D eigenvalue weighted by molar-refractivity contribution is 5.97. The molecule has 7 heteroatoms. The average molecular weight is 342 g/mol. The third kappa shape index (κ3) is 3.84. The van der Waals surface area contributed by atoms with Crippen LogP contribution >= 0.6 is 0 Å². The number of hydrogen-bond acceptors (Lipinski definition) is 4. The highest BCUT2D eigenvalue weighted by Gasteiger charge is 2.32. The van der Waals surface area contributed by atoms with Crippen molar-refractivity contribution < 1.29 is 23.4 Å². The van der Waals surface area contributed by atoms with Crippen LogP contribution in [0.1, 0.15) is 30.6 Å². The largest absolute Gasteiger partial charge is 0.493 e. The molecule has 1 aliphatic rings. The highest BCUT2D eigenvalue weighted by atomic mass is 19.1. The number of carbonyl (C=O) groups is 1. The summed E-state index contributed by atoms with van der Waals surface area (Å²) in [4.78, 5) is 16.4. The number of piperazine rings is 1. The van der Waals surface area contributed by atoms with Gasteiger partial charge in [0.05, 0.1) is 13.2 Å². The lowest BCUT2D eigenvalue weighted by Crippen LogP contribution is -2.56. The van der Waals surface area contributed by atoms with Gasteiger partial charge in [-0.15, -0.1) is 0 Å². The normalized spacial score (nSPS) is 20.1. The zero-order chi connectivity index (χ0) is 17.9. The number of rotatable bonds is 5. The van der Waals surface area contributed by atoms with Crippen molar-refractivity contribution in [2.75, 3.05) is 33.3 Å². The minimum Gasteiger partial charge on any atom is -0.493 e. The second-order valence-corrected chi connectivity index (χ2v) is 6.09. The SMILES string of the molecule is CCC1CN(C(=O)c2c(F)ccc(F)c2OC)CCN1CC(C)O. The van der Waals surface area contributed by atoms with Gasteiger partial charge >= 0.3 is 0 Å². The van der Waals surface area contributed by atoms with Gasteiger partial charge in [0.15, 0.2) is 11.6 Å². The van der Waals surface area contributed by atoms with Crippen molar-refractivity contribution in [2.24, 2.45) is 0 Å². The zero-order valence-corrected chi connectivity index (χ0v) is 14.3. The summed E-state index contributed by atoms with van der Waals surface area (Å²) in [5.74, 6) is -2.49. The lowest BCUT2D eigenvalue weighted by Gasteiger charge is -2.41. The van der Waals surface area contributed by atoms with Gasteiger partial charge < -0.3 is 14.7 Å². The summed E-state index contributed by atoms with van der Waals surface area (Å²) in [6.07, 6.45) is 0.335. The van der Waals surface area contributed by atoms with Crippen LogP contribution in [0.5, 0.6) is 5.75 Å². The summed E-state index contributed by atoms with van der Waals surface area (Å²) in [5, 5.41) is 9.58. The first-order valence-corrected chi connectivity index (χ1v) is 8.12. The molecule has 1 N–H and O–H groups in total. The molecular formula is C17H24F2N2O3. The molecule has 1 heterocycles. The number of β-amino-alcohol motifs (C(OH)–C–C–N with tert-alkyl or cyclic N) is 1. The molecule has 5 nitrogen and oxygen atoms in total. The topological polar surface area (TPSA) is 53.0 Å². The Morgan fingerprint density at radius 3 is 2.62 bits per heavy atom. The van der Waals surface area contributed by atoms with Crippen molar-refractivity contribution >= 4 is 5.91 Å². The molecule has 0 radical (unpaired) electrons. The number of nitrogens with zero attached hydrogens (tertiary/aromatic N) is 2. The van der Waals surface area contributed by atoms with Crippen LogP contribution in [0, 0.1) is 11.6 Å². The van der Waals surface area contributed by atoms with Crippen molar-refractivity contribution in [3.8, 4) is 5.75 Å². The number of amides is 1. The zero-order valence-electron chi connectivity index (χ0n) is 14.3. The number of ether oxygens (including phenoxy) is 1. The van der Waals surface area contributed by atoms with E-state index in [1.54, 1.807) is 6.92 Å². The van der Waals surface area contributed by atoms with Crippen LogP contribution in [0.15, 0.2) is 12.1 Å². The number of benzene rings is 1. The molecule has 1 aromatic carbocycles. The molecule has 1 fully saturated rings. The molecule has 0 aromatic heterocycles. The molecular weight excluding hydrogens is 318 g/mol. The molecule has 2 rings (SSSR count). The van der Waals surface area contributed by atoms with E-state index >= 15 is 0 Å².